The molecule has 4 nitrogen and oxygen atoms in total. The number of carbonyl (C=O) groups is 1. The van der Waals surface area contributed by atoms with E-state index in [-0.39, 0.29) is 12.3 Å². The van der Waals surface area contributed by atoms with Gasteiger partial charge >= 0.3 is 5.95 Å². The molecule has 1 aromatic heterocycles. The molecule has 2 N–H and O–H groups in total. The van der Waals surface area contributed by atoms with Gasteiger partial charge in [-0.05, 0) is 43.3 Å². The maximum absolute atomic E-state index is 12.5. The number of carbonyl (C=O) groups excluding carboxylic acids is 1. The van der Waals surface area contributed by atoms with Crippen LogP contribution in [0.3, 0.4) is 0 Å². The van der Waals surface area contributed by atoms with Crippen molar-refractivity contribution in [2.45, 2.75) is 20.0 Å². The van der Waals surface area contributed by atoms with E-state index in [0.29, 0.717) is 16.5 Å². The SMILES string of the molecule is CCn1c(N)[n+](CC(=O)c2ccc(Cl)cc2)c2ccccc21. The number of ketones is 1. The minimum absolute atomic E-state index is 0.00683. The second kappa shape index (κ2) is 5.81. The molecule has 0 saturated carbocycles. The fourth-order valence-electron chi connectivity index (χ4n) is 2.68. The first kappa shape index (κ1) is 14.6. The van der Waals surface area contributed by atoms with Gasteiger partial charge in [-0.25, -0.2) is 9.13 Å². The lowest BCUT2D eigenvalue weighted by Gasteiger charge is -2.02. The smallest absolute Gasteiger partial charge is 0.291 e. The zero-order chi connectivity index (χ0) is 15.7. The van der Waals surface area contributed by atoms with E-state index in [0.717, 1.165) is 17.6 Å². The van der Waals surface area contributed by atoms with Gasteiger partial charge in [0.2, 0.25) is 0 Å². The number of Topliss-reactive ketones (excluding diaryl/α,β-unsaturated/α-hetero) is 1. The number of aryl methyl sites for hydroxylation is 1. The van der Waals surface area contributed by atoms with E-state index in [2.05, 4.69) is 0 Å². The molecule has 0 spiro atoms. The minimum atomic E-state index is 0.00683. The van der Waals surface area contributed by atoms with Gasteiger partial charge in [-0.2, -0.15) is 0 Å². The first-order valence-electron chi connectivity index (χ1n) is 7.17. The van der Waals surface area contributed by atoms with Crippen molar-refractivity contribution < 1.29 is 9.36 Å². The van der Waals surface area contributed by atoms with Crippen molar-refractivity contribution in [2.24, 2.45) is 0 Å². The number of anilines is 1. The third-order valence-electron chi connectivity index (χ3n) is 3.80. The number of fused-ring (bicyclic) bond motifs is 1. The van der Waals surface area contributed by atoms with Crippen molar-refractivity contribution in [3.8, 4) is 0 Å². The summed E-state index contributed by atoms with van der Waals surface area (Å²) in [7, 11) is 0. The molecule has 0 fully saturated rings. The molecule has 0 aliphatic rings. The van der Waals surface area contributed by atoms with Crippen LogP contribution in [0, 0.1) is 0 Å². The quantitative estimate of drug-likeness (QED) is 0.594. The predicted molar refractivity (Wildman–Crippen MR) is 88.0 cm³/mol. The highest BCUT2D eigenvalue weighted by Crippen LogP contribution is 2.16. The molecule has 0 unspecified atom stereocenters. The molecule has 3 aromatic rings. The van der Waals surface area contributed by atoms with E-state index in [9.17, 15) is 4.79 Å². The standard InChI is InChI=1S/C17H16ClN3O/c1-2-20-14-5-3-4-6-15(14)21(17(20)19)11-16(22)12-7-9-13(18)10-8-12/h3-10,19H,2,11H2,1H3/p+1. The maximum atomic E-state index is 12.5. The highest BCUT2D eigenvalue weighted by Gasteiger charge is 2.22. The number of aromatic nitrogens is 2. The van der Waals surface area contributed by atoms with Crippen molar-refractivity contribution >= 4 is 34.4 Å². The summed E-state index contributed by atoms with van der Waals surface area (Å²) in [5.41, 5.74) is 8.85. The number of nitrogen functional groups attached to an aromatic ring is 1. The Morgan fingerprint density at radius 3 is 2.55 bits per heavy atom. The first-order valence-corrected chi connectivity index (χ1v) is 7.55. The van der Waals surface area contributed by atoms with Gasteiger partial charge in [0.05, 0.1) is 6.54 Å². The van der Waals surface area contributed by atoms with E-state index < -0.39 is 0 Å². The van der Waals surface area contributed by atoms with E-state index in [1.54, 1.807) is 24.3 Å². The Hall–Kier alpha value is -2.33. The monoisotopic (exact) mass is 314 g/mol. The minimum Gasteiger partial charge on any atom is -0.291 e. The van der Waals surface area contributed by atoms with Crippen molar-refractivity contribution in [2.75, 3.05) is 5.73 Å². The number of imidazole rings is 1. The first-order chi connectivity index (χ1) is 10.6. The van der Waals surface area contributed by atoms with E-state index in [1.807, 2.05) is 40.3 Å². The predicted octanol–water partition coefficient (Wildman–Crippen LogP) is 3.07. The fraction of sp³-hybridized carbons (Fsp3) is 0.176. The molecule has 3 rings (SSSR count). The topological polar surface area (TPSA) is 51.9 Å². The third kappa shape index (κ3) is 2.46. The summed E-state index contributed by atoms with van der Waals surface area (Å²) in [5, 5.41) is 0.617. The Bertz CT molecular complexity index is 837. The zero-order valence-corrected chi connectivity index (χ0v) is 13.0. The van der Waals surface area contributed by atoms with E-state index in [1.165, 1.54) is 0 Å². The Labute approximate surface area is 133 Å². The van der Waals surface area contributed by atoms with Crippen LogP contribution < -0.4 is 10.3 Å². The molecule has 5 heteroatoms. The lowest BCUT2D eigenvalue weighted by atomic mass is 10.1. The molecular weight excluding hydrogens is 298 g/mol. The van der Waals surface area contributed by atoms with Crippen LogP contribution >= 0.6 is 11.6 Å². The Kier molecular flexibility index (Phi) is 3.86. The summed E-state index contributed by atoms with van der Waals surface area (Å²) in [5.74, 6) is 0.596. The lowest BCUT2D eigenvalue weighted by Crippen LogP contribution is -2.40. The van der Waals surface area contributed by atoms with Gasteiger partial charge in [0.25, 0.3) is 0 Å². The molecular formula is C17H17ClN3O+. The zero-order valence-electron chi connectivity index (χ0n) is 12.3. The van der Waals surface area contributed by atoms with Gasteiger partial charge in [0, 0.05) is 10.6 Å². The van der Waals surface area contributed by atoms with Crippen LogP contribution in [0.5, 0.6) is 0 Å². The molecule has 1 heterocycles. The highest BCUT2D eigenvalue weighted by molar-refractivity contribution is 6.30. The second-order valence-corrected chi connectivity index (χ2v) is 5.54. The van der Waals surface area contributed by atoms with Crippen LogP contribution in [0.25, 0.3) is 11.0 Å². The van der Waals surface area contributed by atoms with Gasteiger partial charge < -0.3 is 0 Å². The molecule has 0 aliphatic heterocycles. The number of halogens is 1. The normalized spacial score (nSPS) is 11.0. The summed E-state index contributed by atoms with van der Waals surface area (Å²) in [6.45, 7) is 3.00. The van der Waals surface area contributed by atoms with Crippen LogP contribution in [-0.4, -0.2) is 10.4 Å². The van der Waals surface area contributed by atoms with Gasteiger partial charge in [-0.1, -0.05) is 23.7 Å². The summed E-state index contributed by atoms with van der Waals surface area (Å²) < 4.78 is 3.86. The highest BCUT2D eigenvalue weighted by atomic mass is 35.5. The number of nitrogens with two attached hydrogens (primary N) is 1. The average Bonchev–Trinajstić information content (AvgIpc) is 2.80. The van der Waals surface area contributed by atoms with E-state index in [4.69, 9.17) is 17.3 Å². The molecule has 0 atom stereocenters. The molecule has 22 heavy (non-hydrogen) atoms. The van der Waals surface area contributed by atoms with Crippen LogP contribution in [0.15, 0.2) is 48.5 Å². The molecule has 112 valence electrons. The summed E-state index contributed by atoms with van der Waals surface area (Å²) in [4.78, 5) is 12.5. The van der Waals surface area contributed by atoms with Crippen LogP contribution in [0.4, 0.5) is 5.95 Å². The number of nitrogens with zero attached hydrogens (tertiary/aromatic N) is 2. The Balaban J connectivity index is 2.02. The lowest BCUT2D eigenvalue weighted by molar-refractivity contribution is -0.642. The summed E-state index contributed by atoms with van der Waals surface area (Å²) in [6.07, 6.45) is 0. The number of hydrogen-bond donors (Lipinski definition) is 1. The molecule has 0 saturated heterocycles. The maximum Gasteiger partial charge on any atom is 0.356 e. The van der Waals surface area contributed by atoms with Crippen molar-refractivity contribution in [3.05, 3.63) is 59.1 Å². The Morgan fingerprint density at radius 2 is 1.86 bits per heavy atom. The van der Waals surface area contributed by atoms with Crippen molar-refractivity contribution in [1.29, 1.82) is 0 Å². The second-order valence-electron chi connectivity index (χ2n) is 5.11. The van der Waals surface area contributed by atoms with Crippen molar-refractivity contribution in [3.63, 3.8) is 0 Å². The fourth-order valence-corrected chi connectivity index (χ4v) is 2.81. The van der Waals surface area contributed by atoms with Gasteiger partial charge in [-0.15, -0.1) is 0 Å². The summed E-state index contributed by atoms with van der Waals surface area (Å²) in [6, 6.07) is 14.8. The van der Waals surface area contributed by atoms with Crippen molar-refractivity contribution in [1.82, 2.24) is 4.57 Å². The largest absolute Gasteiger partial charge is 0.356 e. The molecule has 0 radical (unpaired) electrons. The molecule has 2 aromatic carbocycles. The molecule has 0 amide bonds. The molecule has 0 aliphatic carbocycles. The number of para-hydroxylation sites is 2. The van der Waals surface area contributed by atoms with Gasteiger partial charge in [-0.3, -0.25) is 10.5 Å². The number of rotatable bonds is 4. The van der Waals surface area contributed by atoms with Crippen LogP contribution in [0.2, 0.25) is 5.02 Å². The van der Waals surface area contributed by atoms with Crippen LogP contribution in [0.1, 0.15) is 17.3 Å². The van der Waals surface area contributed by atoms with Crippen LogP contribution in [-0.2, 0) is 13.1 Å². The molecule has 0 bridgehead atoms. The van der Waals surface area contributed by atoms with Gasteiger partial charge in [0.1, 0.15) is 17.6 Å². The number of hydrogen-bond acceptors (Lipinski definition) is 2. The summed E-state index contributed by atoms with van der Waals surface area (Å²) >= 11 is 5.86. The third-order valence-corrected chi connectivity index (χ3v) is 4.05. The average molecular weight is 315 g/mol. The Morgan fingerprint density at radius 1 is 1.18 bits per heavy atom. The van der Waals surface area contributed by atoms with E-state index >= 15 is 0 Å². The number of benzene rings is 2. The van der Waals surface area contributed by atoms with Gasteiger partial charge in [0.15, 0.2) is 5.78 Å².